The molecule has 0 atom stereocenters. The Morgan fingerprint density at radius 3 is 2.90 bits per heavy atom. The summed E-state index contributed by atoms with van der Waals surface area (Å²) >= 11 is 0. The van der Waals surface area contributed by atoms with Crippen molar-refractivity contribution in [1.82, 2.24) is 25.0 Å². The van der Waals surface area contributed by atoms with Gasteiger partial charge in [-0.1, -0.05) is 13.8 Å². The normalized spacial score (nSPS) is 11.1. The molecule has 0 bridgehead atoms. The van der Waals surface area contributed by atoms with Crippen molar-refractivity contribution >= 4 is 11.0 Å². The predicted molar refractivity (Wildman–Crippen MR) is 74.7 cm³/mol. The number of nitrogens with zero attached hydrogens (tertiary/aromatic N) is 5. The zero-order valence-electron chi connectivity index (χ0n) is 11.3. The van der Waals surface area contributed by atoms with Crippen molar-refractivity contribution in [3.8, 4) is 17.6 Å². The second-order valence-corrected chi connectivity index (χ2v) is 5.11. The lowest BCUT2D eigenvalue weighted by atomic mass is 10.2. The molecule has 0 aliphatic rings. The van der Waals surface area contributed by atoms with Gasteiger partial charge in [0.1, 0.15) is 5.69 Å². The fraction of sp³-hybridized carbons (Fsp3) is 0.286. The van der Waals surface area contributed by atoms with E-state index in [1.54, 1.807) is 12.3 Å². The Balaban J connectivity index is 2.24. The Labute approximate surface area is 116 Å². The highest BCUT2D eigenvalue weighted by molar-refractivity contribution is 5.81. The molecular formula is C14H14N6. The second kappa shape index (κ2) is 4.78. The molecule has 0 amide bonds. The molecular weight excluding hydrogens is 252 g/mol. The van der Waals surface area contributed by atoms with Gasteiger partial charge in [0.15, 0.2) is 5.82 Å². The van der Waals surface area contributed by atoms with Gasteiger partial charge in [-0.25, -0.2) is 4.98 Å². The third-order valence-electron chi connectivity index (χ3n) is 3.07. The standard InChI is InChI=1S/C14H14N6/c1-9(2)8-20-13-4-3-10(6-15)5-11(13)17-14(20)12-7-16-19-18-12/h3-5,7,9H,8H2,1-2H3,(H,16,18,19). The lowest BCUT2D eigenvalue weighted by molar-refractivity contribution is 0.536. The van der Waals surface area contributed by atoms with E-state index in [2.05, 4.69) is 44.9 Å². The molecule has 0 spiro atoms. The third kappa shape index (κ3) is 2.03. The number of aromatic nitrogens is 5. The minimum atomic E-state index is 0.480. The third-order valence-corrected chi connectivity index (χ3v) is 3.07. The van der Waals surface area contributed by atoms with Gasteiger partial charge in [0.05, 0.1) is 28.9 Å². The van der Waals surface area contributed by atoms with E-state index in [0.717, 1.165) is 23.4 Å². The maximum absolute atomic E-state index is 8.99. The molecule has 0 fully saturated rings. The van der Waals surface area contributed by atoms with Crippen LogP contribution in [-0.2, 0) is 6.54 Å². The average Bonchev–Trinajstić information content (AvgIpc) is 3.05. The van der Waals surface area contributed by atoms with Crippen molar-refractivity contribution in [1.29, 1.82) is 5.26 Å². The van der Waals surface area contributed by atoms with Gasteiger partial charge in [-0.05, 0) is 24.1 Å². The summed E-state index contributed by atoms with van der Waals surface area (Å²) in [5, 5.41) is 19.5. The van der Waals surface area contributed by atoms with Gasteiger partial charge in [-0.2, -0.15) is 20.7 Å². The van der Waals surface area contributed by atoms with Gasteiger partial charge in [0, 0.05) is 6.54 Å². The zero-order valence-corrected chi connectivity index (χ0v) is 11.3. The summed E-state index contributed by atoms with van der Waals surface area (Å²) in [6.45, 7) is 5.15. The molecule has 0 aliphatic heterocycles. The second-order valence-electron chi connectivity index (χ2n) is 5.11. The number of H-pyrrole nitrogens is 1. The van der Waals surface area contributed by atoms with Crippen LogP contribution in [0.3, 0.4) is 0 Å². The molecule has 1 aromatic carbocycles. The van der Waals surface area contributed by atoms with Gasteiger partial charge in [-0.15, -0.1) is 0 Å². The van der Waals surface area contributed by atoms with E-state index in [0.29, 0.717) is 17.2 Å². The van der Waals surface area contributed by atoms with Crippen molar-refractivity contribution in [2.75, 3.05) is 0 Å². The predicted octanol–water partition coefficient (Wildman–Crippen LogP) is 2.35. The molecule has 0 aliphatic carbocycles. The van der Waals surface area contributed by atoms with Gasteiger partial charge in [0.2, 0.25) is 0 Å². The highest BCUT2D eigenvalue weighted by Gasteiger charge is 2.15. The minimum absolute atomic E-state index is 0.480. The molecule has 6 nitrogen and oxygen atoms in total. The first-order valence-electron chi connectivity index (χ1n) is 6.45. The Morgan fingerprint density at radius 2 is 2.25 bits per heavy atom. The average molecular weight is 266 g/mol. The van der Waals surface area contributed by atoms with Crippen molar-refractivity contribution in [2.24, 2.45) is 5.92 Å². The van der Waals surface area contributed by atoms with Crippen LogP contribution in [-0.4, -0.2) is 25.0 Å². The van der Waals surface area contributed by atoms with Crippen LogP contribution in [0.25, 0.3) is 22.6 Å². The number of imidazole rings is 1. The molecule has 20 heavy (non-hydrogen) atoms. The summed E-state index contributed by atoms with van der Waals surface area (Å²) < 4.78 is 2.12. The van der Waals surface area contributed by atoms with Crippen LogP contribution in [0.1, 0.15) is 19.4 Å². The highest BCUT2D eigenvalue weighted by atomic mass is 15.3. The van der Waals surface area contributed by atoms with E-state index in [4.69, 9.17) is 5.26 Å². The first-order valence-corrected chi connectivity index (χ1v) is 6.45. The Kier molecular flexibility index (Phi) is 2.95. The number of nitriles is 1. The fourth-order valence-corrected chi connectivity index (χ4v) is 2.25. The summed E-state index contributed by atoms with van der Waals surface area (Å²) in [5.74, 6) is 1.26. The molecule has 0 unspecified atom stereocenters. The fourth-order valence-electron chi connectivity index (χ4n) is 2.25. The molecule has 0 saturated heterocycles. The Morgan fingerprint density at radius 1 is 1.40 bits per heavy atom. The van der Waals surface area contributed by atoms with E-state index >= 15 is 0 Å². The van der Waals surface area contributed by atoms with Gasteiger partial charge >= 0.3 is 0 Å². The highest BCUT2D eigenvalue weighted by Crippen LogP contribution is 2.24. The summed E-state index contributed by atoms with van der Waals surface area (Å²) in [4.78, 5) is 4.61. The maximum atomic E-state index is 8.99. The van der Waals surface area contributed by atoms with Crippen LogP contribution in [0.15, 0.2) is 24.4 Å². The number of rotatable bonds is 3. The summed E-state index contributed by atoms with van der Waals surface area (Å²) in [6, 6.07) is 7.69. The van der Waals surface area contributed by atoms with Crippen LogP contribution >= 0.6 is 0 Å². The number of nitrogens with one attached hydrogen (secondary N) is 1. The zero-order chi connectivity index (χ0) is 14.1. The summed E-state index contributed by atoms with van der Waals surface area (Å²) in [6.07, 6.45) is 1.66. The summed E-state index contributed by atoms with van der Waals surface area (Å²) in [7, 11) is 0. The van der Waals surface area contributed by atoms with Crippen LogP contribution < -0.4 is 0 Å². The minimum Gasteiger partial charge on any atom is -0.322 e. The van der Waals surface area contributed by atoms with E-state index in [-0.39, 0.29) is 0 Å². The van der Waals surface area contributed by atoms with Crippen LogP contribution in [0.4, 0.5) is 0 Å². The molecule has 3 aromatic rings. The molecule has 2 aromatic heterocycles. The van der Waals surface area contributed by atoms with Gasteiger partial charge < -0.3 is 4.57 Å². The number of benzene rings is 1. The van der Waals surface area contributed by atoms with Gasteiger partial charge in [-0.3, -0.25) is 0 Å². The van der Waals surface area contributed by atoms with Crippen molar-refractivity contribution in [3.05, 3.63) is 30.0 Å². The topological polar surface area (TPSA) is 83.2 Å². The van der Waals surface area contributed by atoms with E-state index < -0.39 is 0 Å². The molecule has 6 heteroatoms. The Hall–Kier alpha value is -2.68. The maximum Gasteiger partial charge on any atom is 0.163 e. The number of hydrogen-bond acceptors (Lipinski definition) is 4. The largest absolute Gasteiger partial charge is 0.322 e. The van der Waals surface area contributed by atoms with Crippen LogP contribution in [0, 0.1) is 17.2 Å². The smallest absolute Gasteiger partial charge is 0.163 e. The summed E-state index contributed by atoms with van der Waals surface area (Å²) in [5.41, 5.74) is 3.14. The van der Waals surface area contributed by atoms with Gasteiger partial charge in [0.25, 0.3) is 0 Å². The molecule has 0 saturated carbocycles. The lowest BCUT2D eigenvalue weighted by Crippen LogP contribution is -2.06. The van der Waals surface area contributed by atoms with E-state index in [1.807, 2.05) is 12.1 Å². The first-order chi connectivity index (χ1) is 9.69. The number of hydrogen-bond donors (Lipinski definition) is 1. The SMILES string of the molecule is CC(C)Cn1c(-c2cn[nH]n2)nc2cc(C#N)ccc21. The lowest BCUT2D eigenvalue weighted by Gasteiger charge is -2.10. The van der Waals surface area contributed by atoms with Crippen molar-refractivity contribution in [3.63, 3.8) is 0 Å². The van der Waals surface area contributed by atoms with Crippen molar-refractivity contribution < 1.29 is 0 Å². The van der Waals surface area contributed by atoms with Crippen LogP contribution in [0.5, 0.6) is 0 Å². The molecule has 3 rings (SSSR count). The first kappa shape index (κ1) is 12.4. The van der Waals surface area contributed by atoms with Crippen molar-refractivity contribution in [2.45, 2.75) is 20.4 Å². The van der Waals surface area contributed by atoms with E-state index in [1.165, 1.54) is 0 Å². The monoisotopic (exact) mass is 266 g/mol. The molecule has 1 N–H and O–H groups in total. The molecule has 0 radical (unpaired) electrons. The van der Waals surface area contributed by atoms with Crippen LogP contribution in [0.2, 0.25) is 0 Å². The number of fused-ring (bicyclic) bond motifs is 1. The van der Waals surface area contributed by atoms with E-state index in [9.17, 15) is 0 Å². The molecule has 2 heterocycles. The number of aromatic amines is 1. The molecule has 100 valence electrons. The quantitative estimate of drug-likeness (QED) is 0.788. The Bertz CT molecular complexity index is 776.